The number of carbonyl (C=O) groups excluding carboxylic acids is 1. The molecule has 2 aliphatic rings. The molecule has 0 amide bonds. The van der Waals surface area contributed by atoms with E-state index >= 15 is 0 Å². The van der Waals surface area contributed by atoms with Gasteiger partial charge in [0.05, 0.1) is 0 Å². The highest BCUT2D eigenvalue weighted by Crippen LogP contribution is 2.36. The van der Waals surface area contributed by atoms with Crippen LogP contribution in [0.15, 0.2) is 0 Å². The van der Waals surface area contributed by atoms with E-state index < -0.39 is 5.60 Å². The van der Waals surface area contributed by atoms with Gasteiger partial charge in [-0.15, -0.1) is 0 Å². The Morgan fingerprint density at radius 3 is 2.19 bits per heavy atom. The Kier molecular flexibility index (Phi) is 3.68. The maximum atomic E-state index is 12.3. The van der Waals surface area contributed by atoms with Crippen molar-refractivity contribution >= 4 is 5.78 Å². The molecule has 0 aliphatic heterocycles. The molecule has 0 spiro atoms. The van der Waals surface area contributed by atoms with Crippen molar-refractivity contribution in [3.8, 4) is 0 Å². The van der Waals surface area contributed by atoms with Crippen molar-refractivity contribution in [3.63, 3.8) is 0 Å². The molecule has 0 aromatic rings. The summed E-state index contributed by atoms with van der Waals surface area (Å²) < 4.78 is 0. The highest BCUT2D eigenvalue weighted by molar-refractivity contribution is 5.89. The topological polar surface area (TPSA) is 37.3 Å². The Balaban J connectivity index is 1.95. The quantitative estimate of drug-likeness (QED) is 0.782. The van der Waals surface area contributed by atoms with E-state index in [1.54, 1.807) is 0 Å². The van der Waals surface area contributed by atoms with E-state index in [4.69, 9.17) is 0 Å². The standard InChI is InChI=1S/C14H24O2/c1-11-5-7-12(8-6-11)13(15)14(16)9-3-2-4-10-14/h11-12,16H,2-10H2,1H3. The van der Waals surface area contributed by atoms with Crippen molar-refractivity contribution in [2.75, 3.05) is 0 Å². The summed E-state index contributed by atoms with van der Waals surface area (Å²) in [6.45, 7) is 2.26. The summed E-state index contributed by atoms with van der Waals surface area (Å²) in [6, 6.07) is 0. The van der Waals surface area contributed by atoms with Gasteiger partial charge in [0.1, 0.15) is 5.60 Å². The van der Waals surface area contributed by atoms with E-state index in [9.17, 15) is 9.90 Å². The van der Waals surface area contributed by atoms with Crippen molar-refractivity contribution < 1.29 is 9.90 Å². The van der Waals surface area contributed by atoms with Gasteiger partial charge in [0.15, 0.2) is 5.78 Å². The van der Waals surface area contributed by atoms with Crippen molar-refractivity contribution in [2.45, 2.75) is 70.3 Å². The van der Waals surface area contributed by atoms with Crippen molar-refractivity contribution in [1.29, 1.82) is 0 Å². The SMILES string of the molecule is CC1CCC(C(=O)C2(O)CCCCC2)CC1. The van der Waals surface area contributed by atoms with Crippen LogP contribution in [0.3, 0.4) is 0 Å². The van der Waals surface area contributed by atoms with Crippen LogP contribution in [0.5, 0.6) is 0 Å². The Bertz CT molecular complexity index is 245. The van der Waals surface area contributed by atoms with Crippen LogP contribution in [-0.4, -0.2) is 16.5 Å². The van der Waals surface area contributed by atoms with Crippen LogP contribution in [0, 0.1) is 11.8 Å². The highest BCUT2D eigenvalue weighted by atomic mass is 16.3. The molecule has 1 N–H and O–H groups in total. The first kappa shape index (κ1) is 12.1. The zero-order chi connectivity index (χ0) is 11.6. The minimum atomic E-state index is -0.955. The van der Waals surface area contributed by atoms with E-state index in [2.05, 4.69) is 6.92 Å². The molecule has 0 aromatic heterocycles. The highest BCUT2D eigenvalue weighted by Gasteiger charge is 2.41. The van der Waals surface area contributed by atoms with Gasteiger partial charge in [-0.1, -0.05) is 39.0 Å². The number of rotatable bonds is 2. The van der Waals surface area contributed by atoms with Gasteiger partial charge in [0.25, 0.3) is 0 Å². The number of Topliss-reactive ketones (excluding diaryl/α,β-unsaturated/α-hetero) is 1. The van der Waals surface area contributed by atoms with Crippen LogP contribution in [0.1, 0.15) is 64.7 Å². The second kappa shape index (κ2) is 4.87. The molecule has 2 fully saturated rings. The number of aliphatic hydroxyl groups is 1. The molecule has 2 nitrogen and oxygen atoms in total. The van der Waals surface area contributed by atoms with E-state index in [0.717, 1.165) is 44.4 Å². The molecule has 0 unspecified atom stereocenters. The third kappa shape index (κ3) is 2.48. The van der Waals surface area contributed by atoms with Crippen LogP contribution >= 0.6 is 0 Å². The van der Waals surface area contributed by atoms with Crippen molar-refractivity contribution in [3.05, 3.63) is 0 Å². The summed E-state index contributed by atoms with van der Waals surface area (Å²) in [6.07, 6.45) is 8.95. The van der Waals surface area contributed by atoms with Gasteiger partial charge in [0.2, 0.25) is 0 Å². The van der Waals surface area contributed by atoms with E-state index in [1.165, 1.54) is 6.42 Å². The van der Waals surface area contributed by atoms with Gasteiger partial charge in [-0.25, -0.2) is 0 Å². The minimum absolute atomic E-state index is 0.152. The van der Waals surface area contributed by atoms with Crippen molar-refractivity contribution in [2.24, 2.45) is 11.8 Å². The van der Waals surface area contributed by atoms with Gasteiger partial charge in [0, 0.05) is 5.92 Å². The summed E-state index contributed by atoms with van der Waals surface area (Å²) in [5.74, 6) is 1.09. The third-order valence-electron chi connectivity index (χ3n) is 4.53. The summed E-state index contributed by atoms with van der Waals surface area (Å²) >= 11 is 0. The normalized spacial score (nSPS) is 34.6. The summed E-state index contributed by atoms with van der Waals surface area (Å²) in [7, 11) is 0. The first-order chi connectivity index (χ1) is 7.62. The van der Waals surface area contributed by atoms with Gasteiger partial charge < -0.3 is 5.11 Å². The zero-order valence-corrected chi connectivity index (χ0v) is 10.4. The molecule has 2 rings (SSSR count). The molecule has 0 radical (unpaired) electrons. The van der Waals surface area contributed by atoms with Gasteiger partial charge in [-0.3, -0.25) is 4.79 Å². The van der Waals surface area contributed by atoms with Crippen LogP contribution < -0.4 is 0 Å². The van der Waals surface area contributed by atoms with E-state index in [-0.39, 0.29) is 11.7 Å². The molecule has 92 valence electrons. The Morgan fingerprint density at radius 2 is 1.62 bits per heavy atom. The lowest BCUT2D eigenvalue weighted by atomic mass is 9.72. The minimum Gasteiger partial charge on any atom is -0.382 e. The predicted octanol–water partition coefficient (Wildman–Crippen LogP) is 3.08. The number of carbonyl (C=O) groups is 1. The molecule has 0 bridgehead atoms. The molecular weight excluding hydrogens is 200 g/mol. The number of hydrogen-bond acceptors (Lipinski definition) is 2. The first-order valence-electron chi connectivity index (χ1n) is 6.88. The Labute approximate surface area is 98.4 Å². The maximum absolute atomic E-state index is 12.3. The van der Waals surface area contributed by atoms with Gasteiger partial charge in [-0.05, 0) is 31.6 Å². The zero-order valence-electron chi connectivity index (χ0n) is 10.4. The fourth-order valence-corrected chi connectivity index (χ4v) is 3.29. The van der Waals surface area contributed by atoms with E-state index in [1.807, 2.05) is 0 Å². The lowest BCUT2D eigenvalue weighted by Gasteiger charge is -2.35. The van der Waals surface area contributed by atoms with Gasteiger partial charge >= 0.3 is 0 Å². The molecule has 16 heavy (non-hydrogen) atoms. The van der Waals surface area contributed by atoms with Gasteiger partial charge in [-0.2, -0.15) is 0 Å². The average molecular weight is 224 g/mol. The van der Waals surface area contributed by atoms with Crippen molar-refractivity contribution in [1.82, 2.24) is 0 Å². The summed E-state index contributed by atoms with van der Waals surface area (Å²) in [5.41, 5.74) is -0.955. The average Bonchev–Trinajstić information content (AvgIpc) is 2.30. The molecule has 2 aliphatic carbocycles. The van der Waals surface area contributed by atoms with Crippen LogP contribution in [0.25, 0.3) is 0 Å². The Morgan fingerprint density at radius 1 is 1.06 bits per heavy atom. The molecule has 2 saturated carbocycles. The smallest absolute Gasteiger partial charge is 0.167 e. The largest absolute Gasteiger partial charge is 0.382 e. The van der Waals surface area contributed by atoms with E-state index in [0.29, 0.717) is 12.8 Å². The summed E-state index contributed by atoms with van der Waals surface area (Å²) in [5, 5.41) is 10.4. The monoisotopic (exact) mass is 224 g/mol. The third-order valence-corrected chi connectivity index (χ3v) is 4.53. The predicted molar refractivity (Wildman–Crippen MR) is 64.2 cm³/mol. The van der Waals surface area contributed by atoms with Crippen LogP contribution in [0.2, 0.25) is 0 Å². The molecule has 0 aromatic carbocycles. The van der Waals surface area contributed by atoms with Crippen LogP contribution in [-0.2, 0) is 4.79 Å². The van der Waals surface area contributed by atoms with Crippen LogP contribution in [0.4, 0.5) is 0 Å². The second-order valence-electron chi connectivity index (χ2n) is 5.91. The molecule has 0 saturated heterocycles. The Hall–Kier alpha value is -0.370. The lowest BCUT2D eigenvalue weighted by Crippen LogP contribution is -2.45. The molecular formula is C14H24O2. The fraction of sp³-hybridized carbons (Fsp3) is 0.929. The summed E-state index contributed by atoms with van der Waals surface area (Å²) in [4.78, 5) is 12.3. The molecule has 0 atom stereocenters. The first-order valence-corrected chi connectivity index (χ1v) is 6.88. The molecule has 2 heteroatoms. The number of ketones is 1. The number of hydrogen-bond donors (Lipinski definition) is 1. The second-order valence-corrected chi connectivity index (χ2v) is 5.91. The fourth-order valence-electron chi connectivity index (χ4n) is 3.29. The lowest BCUT2D eigenvalue weighted by molar-refractivity contribution is -0.146. The maximum Gasteiger partial charge on any atom is 0.167 e. The molecule has 0 heterocycles.